The summed E-state index contributed by atoms with van der Waals surface area (Å²) in [6.45, 7) is 6.71. The summed E-state index contributed by atoms with van der Waals surface area (Å²) in [6, 6.07) is 16.2. The largest absolute Gasteiger partial charge is 0.337 e. The number of rotatable bonds is 3. The minimum atomic E-state index is 0.133. The monoisotopic (exact) mass is 386 g/mol. The molecule has 0 spiro atoms. The van der Waals surface area contributed by atoms with Gasteiger partial charge in [-0.15, -0.1) is 0 Å². The zero-order chi connectivity index (χ0) is 16.9. The first kappa shape index (κ1) is 17.2. The number of carbonyl (C=O) groups is 1. The van der Waals surface area contributed by atoms with Crippen LogP contribution in [0.15, 0.2) is 53.0 Å². The Morgan fingerprint density at radius 2 is 1.88 bits per heavy atom. The first-order valence-corrected chi connectivity index (χ1v) is 9.24. The maximum Gasteiger partial charge on any atom is 0.253 e. The van der Waals surface area contributed by atoms with Crippen LogP contribution in [0.2, 0.25) is 0 Å². The number of hydrogen-bond donors (Lipinski definition) is 0. The topological polar surface area (TPSA) is 23.6 Å². The molecule has 2 aromatic rings. The number of hydrogen-bond acceptors (Lipinski definition) is 2. The van der Waals surface area contributed by atoms with Crippen LogP contribution < -0.4 is 0 Å². The summed E-state index contributed by atoms with van der Waals surface area (Å²) in [5.41, 5.74) is 3.48. The lowest BCUT2D eigenvalue weighted by atomic mass is 10.1. The van der Waals surface area contributed by atoms with Crippen LogP contribution in [0, 0.1) is 6.92 Å². The van der Waals surface area contributed by atoms with E-state index in [2.05, 4.69) is 52.0 Å². The predicted octanol–water partition coefficient (Wildman–Crippen LogP) is 4.11. The molecule has 1 saturated heterocycles. The van der Waals surface area contributed by atoms with Gasteiger partial charge in [0.15, 0.2) is 0 Å². The normalized spacial score (nSPS) is 16.0. The molecule has 1 aliphatic rings. The van der Waals surface area contributed by atoms with E-state index in [0.717, 1.165) is 49.2 Å². The Balaban J connectivity index is 1.63. The van der Waals surface area contributed by atoms with Gasteiger partial charge in [-0.05, 0) is 42.7 Å². The predicted molar refractivity (Wildman–Crippen MR) is 101 cm³/mol. The maximum atomic E-state index is 12.7. The van der Waals surface area contributed by atoms with Crippen molar-refractivity contribution in [2.45, 2.75) is 19.9 Å². The molecule has 1 fully saturated rings. The molecule has 0 aliphatic carbocycles. The van der Waals surface area contributed by atoms with Crippen LogP contribution >= 0.6 is 15.9 Å². The van der Waals surface area contributed by atoms with Crippen LogP contribution in [0.4, 0.5) is 0 Å². The molecule has 0 unspecified atom stereocenters. The highest BCUT2D eigenvalue weighted by atomic mass is 79.9. The van der Waals surface area contributed by atoms with Gasteiger partial charge in [0.1, 0.15) is 0 Å². The SMILES string of the molecule is Cc1ccccc1CN1CCCN(C(=O)c2cccc(Br)c2)CC1. The molecule has 2 aromatic carbocycles. The summed E-state index contributed by atoms with van der Waals surface area (Å²) in [4.78, 5) is 17.2. The smallest absolute Gasteiger partial charge is 0.253 e. The minimum absolute atomic E-state index is 0.133. The number of halogens is 1. The van der Waals surface area contributed by atoms with Crippen LogP contribution in [0.1, 0.15) is 27.9 Å². The van der Waals surface area contributed by atoms with Gasteiger partial charge in [-0.3, -0.25) is 9.69 Å². The number of carbonyl (C=O) groups excluding carboxylic acids is 1. The molecule has 24 heavy (non-hydrogen) atoms. The summed E-state index contributed by atoms with van der Waals surface area (Å²) >= 11 is 3.44. The van der Waals surface area contributed by atoms with E-state index in [1.165, 1.54) is 11.1 Å². The Morgan fingerprint density at radius 3 is 2.67 bits per heavy atom. The Labute approximate surface area is 152 Å². The van der Waals surface area contributed by atoms with Crippen molar-refractivity contribution >= 4 is 21.8 Å². The molecule has 0 saturated carbocycles. The van der Waals surface area contributed by atoms with Gasteiger partial charge in [-0.2, -0.15) is 0 Å². The Bertz CT molecular complexity index is 716. The van der Waals surface area contributed by atoms with Crippen molar-refractivity contribution in [3.63, 3.8) is 0 Å². The van der Waals surface area contributed by atoms with Crippen molar-refractivity contribution in [2.75, 3.05) is 26.2 Å². The lowest BCUT2D eigenvalue weighted by molar-refractivity contribution is 0.0761. The third kappa shape index (κ3) is 4.25. The van der Waals surface area contributed by atoms with Crippen molar-refractivity contribution in [3.8, 4) is 0 Å². The minimum Gasteiger partial charge on any atom is -0.337 e. The highest BCUT2D eigenvalue weighted by Crippen LogP contribution is 2.16. The van der Waals surface area contributed by atoms with E-state index in [4.69, 9.17) is 0 Å². The van der Waals surface area contributed by atoms with Gasteiger partial charge >= 0.3 is 0 Å². The molecule has 3 nitrogen and oxygen atoms in total. The molecule has 0 N–H and O–H groups in total. The molecule has 126 valence electrons. The molecular weight excluding hydrogens is 364 g/mol. The first-order valence-electron chi connectivity index (χ1n) is 8.45. The van der Waals surface area contributed by atoms with E-state index in [0.29, 0.717) is 0 Å². The molecule has 1 amide bonds. The second-order valence-corrected chi connectivity index (χ2v) is 7.27. The average molecular weight is 387 g/mol. The Morgan fingerprint density at radius 1 is 1.04 bits per heavy atom. The molecule has 0 atom stereocenters. The van der Waals surface area contributed by atoms with Crippen LogP contribution in [-0.4, -0.2) is 41.9 Å². The molecular formula is C20H23BrN2O. The second-order valence-electron chi connectivity index (χ2n) is 6.36. The lowest BCUT2D eigenvalue weighted by Crippen LogP contribution is -2.35. The van der Waals surface area contributed by atoms with Gasteiger partial charge in [0.05, 0.1) is 0 Å². The van der Waals surface area contributed by atoms with Gasteiger partial charge in [-0.1, -0.05) is 46.3 Å². The van der Waals surface area contributed by atoms with Gasteiger partial charge < -0.3 is 4.90 Å². The van der Waals surface area contributed by atoms with Crippen molar-refractivity contribution in [1.82, 2.24) is 9.80 Å². The molecule has 3 rings (SSSR count). The third-order valence-corrected chi connectivity index (χ3v) is 5.10. The van der Waals surface area contributed by atoms with E-state index >= 15 is 0 Å². The van der Waals surface area contributed by atoms with E-state index in [9.17, 15) is 4.79 Å². The van der Waals surface area contributed by atoms with E-state index < -0.39 is 0 Å². The summed E-state index contributed by atoms with van der Waals surface area (Å²) in [6.07, 6.45) is 1.02. The second kappa shape index (κ2) is 7.95. The summed E-state index contributed by atoms with van der Waals surface area (Å²) in [5, 5.41) is 0. The summed E-state index contributed by atoms with van der Waals surface area (Å²) in [5.74, 6) is 0.133. The standard InChI is InChI=1S/C20H23BrN2O/c1-16-6-2-3-7-18(16)15-22-10-5-11-23(13-12-22)20(24)17-8-4-9-19(21)14-17/h2-4,6-9,14H,5,10-13,15H2,1H3. The highest BCUT2D eigenvalue weighted by molar-refractivity contribution is 9.10. The summed E-state index contributed by atoms with van der Waals surface area (Å²) in [7, 11) is 0. The van der Waals surface area contributed by atoms with Crippen LogP contribution in [0.3, 0.4) is 0 Å². The fraction of sp³-hybridized carbons (Fsp3) is 0.350. The molecule has 1 heterocycles. The van der Waals surface area contributed by atoms with Gasteiger partial charge in [0.2, 0.25) is 0 Å². The fourth-order valence-corrected chi connectivity index (χ4v) is 3.56. The number of benzene rings is 2. The van der Waals surface area contributed by atoms with E-state index in [1.54, 1.807) is 0 Å². The molecule has 1 aliphatic heterocycles. The highest BCUT2D eigenvalue weighted by Gasteiger charge is 2.20. The lowest BCUT2D eigenvalue weighted by Gasteiger charge is -2.22. The number of amides is 1. The number of nitrogens with zero attached hydrogens (tertiary/aromatic N) is 2. The van der Waals surface area contributed by atoms with Crippen LogP contribution in [-0.2, 0) is 6.54 Å². The quantitative estimate of drug-likeness (QED) is 0.792. The molecule has 4 heteroatoms. The van der Waals surface area contributed by atoms with Crippen LogP contribution in [0.25, 0.3) is 0 Å². The van der Waals surface area contributed by atoms with E-state index in [-0.39, 0.29) is 5.91 Å². The molecule has 0 aromatic heterocycles. The van der Waals surface area contributed by atoms with Crippen LogP contribution in [0.5, 0.6) is 0 Å². The summed E-state index contributed by atoms with van der Waals surface area (Å²) < 4.78 is 0.948. The van der Waals surface area contributed by atoms with Gasteiger partial charge in [-0.25, -0.2) is 0 Å². The third-order valence-electron chi connectivity index (χ3n) is 4.60. The molecule has 0 bridgehead atoms. The fourth-order valence-electron chi connectivity index (χ4n) is 3.16. The van der Waals surface area contributed by atoms with Gasteiger partial charge in [0.25, 0.3) is 5.91 Å². The Hall–Kier alpha value is -1.65. The maximum absolute atomic E-state index is 12.7. The Kier molecular flexibility index (Phi) is 5.69. The van der Waals surface area contributed by atoms with Gasteiger partial charge in [0, 0.05) is 42.8 Å². The molecule has 0 radical (unpaired) electrons. The zero-order valence-corrected chi connectivity index (χ0v) is 15.6. The van der Waals surface area contributed by atoms with E-state index in [1.807, 2.05) is 29.2 Å². The average Bonchev–Trinajstić information content (AvgIpc) is 2.82. The van der Waals surface area contributed by atoms with Crippen molar-refractivity contribution in [1.29, 1.82) is 0 Å². The first-order chi connectivity index (χ1) is 11.6. The zero-order valence-electron chi connectivity index (χ0n) is 14.0. The van der Waals surface area contributed by atoms with Crippen molar-refractivity contribution < 1.29 is 4.79 Å². The van der Waals surface area contributed by atoms with Crippen molar-refractivity contribution in [2.24, 2.45) is 0 Å². The number of aryl methyl sites for hydroxylation is 1. The van der Waals surface area contributed by atoms with Crippen molar-refractivity contribution in [3.05, 3.63) is 69.7 Å².